The predicted molar refractivity (Wildman–Crippen MR) is 70.3 cm³/mol. The fraction of sp³-hybridized carbons (Fsp3) is 0.417. The van der Waals surface area contributed by atoms with Crippen molar-refractivity contribution in [3.05, 3.63) is 35.4 Å². The SMILES string of the molecule is COCCNS(=O)(=O)Cc1cccc(C(=O)OC)c1. The van der Waals surface area contributed by atoms with E-state index in [4.69, 9.17) is 4.74 Å². The van der Waals surface area contributed by atoms with Gasteiger partial charge in [-0.25, -0.2) is 17.9 Å². The van der Waals surface area contributed by atoms with Gasteiger partial charge in [0.1, 0.15) is 0 Å². The number of hydrogen-bond acceptors (Lipinski definition) is 5. The van der Waals surface area contributed by atoms with E-state index in [-0.39, 0.29) is 12.3 Å². The first kappa shape index (κ1) is 15.6. The second-order valence-corrected chi connectivity index (χ2v) is 5.65. The van der Waals surface area contributed by atoms with Gasteiger partial charge in [-0.05, 0) is 17.7 Å². The van der Waals surface area contributed by atoms with Gasteiger partial charge in [0.15, 0.2) is 0 Å². The Hall–Kier alpha value is -1.44. The van der Waals surface area contributed by atoms with E-state index in [0.717, 1.165) is 0 Å². The topological polar surface area (TPSA) is 81.7 Å². The molecule has 19 heavy (non-hydrogen) atoms. The second-order valence-electron chi connectivity index (χ2n) is 3.84. The number of carbonyl (C=O) groups excluding carboxylic acids is 1. The minimum Gasteiger partial charge on any atom is -0.465 e. The minimum atomic E-state index is -3.44. The van der Waals surface area contributed by atoms with E-state index in [1.54, 1.807) is 18.2 Å². The Balaban J connectivity index is 2.73. The van der Waals surface area contributed by atoms with Gasteiger partial charge in [0.25, 0.3) is 0 Å². The Kier molecular flexibility index (Phi) is 5.94. The van der Waals surface area contributed by atoms with Gasteiger partial charge in [0.05, 0.1) is 25.0 Å². The average Bonchev–Trinajstić information content (AvgIpc) is 2.37. The first-order valence-corrected chi connectivity index (χ1v) is 7.27. The van der Waals surface area contributed by atoms with E-state index in [9.17, 15) is 13.2 Å². The highest BCUT2D eigenvalue weighted by molar-refractivity contribution is 7.88. The minimum absolute atomic E-state index is 0.193. The fourth-order valence-electron chi connectivity index (χ4n) is 1.48. The van der Waals surface area contributed by atoms with Crippen LogP contribution < -0.4 is 4.72 Å². The molecule has 6 nitrogen and oxygen atoms in total. The first-order valence-electron chi connectivity index (χ1n) is 5.62. The van der Waals surface area contributed by atoms with Crippen molar-refractivity contribution in [1.82, 2.24) is 4.72 Å². The number of benzene rings is 1. The lowest BCUT2D eigenvalue weighted by Crippen LogP contribution is -2.28. The summed E-state index contributed by atoms with van der Waals surface area (Å²) in [4.78, 5) is 11.3. The summed E-state index contributed by atoms with van der Waals surface area (Å²) in [6, 6.07) is 6.33. The van der Waals surface area contributed by atoms with Crippen LogP contribution in [0.1, 0.15) is 15.9 Å². The van der Waals surface area contributed by atoms with Crippen molar-refractivity contribution >= 4 is 16.0 Å². The Labute approximate surface area is 112 Å². The summed E-state index contributed by atoms with van der Waals surface area (Å²) in [5.41, 5.74) is 0.847. The molecular weight excluding hydrogens is 270 g/mol. The molecule has 0 heterocycles. The zero-order valence-corrected chi connectivity index (χ0v) is 11.7. The largest absolute Gasteiger partial charge is 0.465 e. The molecule has 0 aromatic heterocycles. The molecular formula is C12H17NO5S. The van der Waals surface area contributed by atoms with Gasteiger partial charge in [-0.3, -0.25) is 0 Å². The van der Waals surface area contributed by atoms with Crippen molar-refractivity contribution in [2.75, 3.05) is 27.4 Å². The molecule has 0 amide bonds. The highest BCUT2D eigenvalue weighted by atomic mass is 32.2. The number of rotatable bonds is 7. The van der Waals surface area contributed by atoms with Crippen LogP contribution in [0.2, 0.25) is 0 Å². The van der Waals surface area contributed by atoms with Crippen molar-refractivity contribution < 1.29 is 22.7 Å². The summed E-state index contributed by atoms with van der Waals surface area (Å²) in [6.07, 6.45) is 0. The van der Waals surface area contributed by atoms with E-state index >= 15 is 0 Å². The predicted octanol–water partition coefficient (Wildman–Crippen LogP) is 0.539. The molecule has 0 bridgehead atoms. The van der Waals surface area contributed by atoms with Crippen LogP contribution in [0.5, 0.6) is 0 Å². The molecule has 1 aromatic rings. The van der Waals surface area contributed by atoms with Crippen molar-refractivity contribution in [2.24, 2.45) is 0 Å². The van der Waals surface area contributed by atoms with Crippen LogP contribution in [0, 0.1) is 0 Å². The maximum Gasteiger partial charge on any atom is 0.337 e. The number of hydrogen-bond donors (Lipinski definition) is 1. The molecule has 0 atom stereocenters. The lowest BCUT2D eigenvalue weighted by molar-refractivity contribution is 0.0600. The van der Waals surface area contributed by atoms with Crippen molar-refractivity contribution in [1.29, 1.82) is 0 Å². The molecule has 0 saturated heterocycles. The highest BCUT2D eigenvalue weighted by Crippen LogP contribution is 2.09. The molecule has 1 aromatic carbocycles. The number of sulfonamides is 1. The Morgan fingerprint density at radius 1 is 1.32 bits per heavy atom. The zero-order valence-electron chi connectivity index (χ0n) is 10.9. The van der Waals surface area contributed by atoms with Gasteiger partial charge >= 0.3 is 5.97 Å². The van der Waals surface area contributed by atoms with E-state index in [0.29, 0.717) is 17.7 Å². The van der Waals surface area contributed by atoms with Crippen molar-refractivity contribution in [3.8, 4) is 0 Å². The first-order chi connectivity index (χ1) is 8.98. The van der Waals surface area contributed by atoms with E-state index in [2.05, 4.69) is 9.46 Å². The quantitative estimate of drug-likeness (QED) is 0.584. The third-order valence-electron chi connectivity index (χ3n) is 2.33. The second kappa shape index (κ2) is 7.22. The van der Waals surface area contributed by atoms with E-state index < -0.39 is 16.0 Å². The summed E-state index contributed by atoms with van der Waals surface area (Å²) >= 11 is 0. The van der Waals surface area contributed by atoms with Gasteiger partial charge < -0.3 is 9.47 Å². The molecule has 0 unspecified atom stereocenters. The number of methoxy groups -OCH3 is 2. The Bertz CT molecular complexity index is 527. The van der Waals surface area contributed by atoms with Crippen LogP contribution in [0.4, 0.5) is 0 Å². The number of esters is 1. The van der Waals surface area contributed by atoms with Crippen LogP contribution in [-0.4, -0.2) is 41.8 Å². The third kappa shape index (κ3) is 5.37. The number of nitrogens with one attached hydrogen (secondary N) is 1. The Morgan fingerprint density at radius 3 is 2.68 bits per heavy atom. The summed E-state index contributed by atoms with van der Waals surface area (Å²) in [5, 5.41) is 0. The molecule has 1 rings (SSSR count). The molecule has 7 heteroatoms. The molecule has 0 aliphatic carbocycles. The summed E-state index contributed by atoms with van der Waals surface area (Å²) in [7, 11) is -0.668. The summed E-state index contributed by atoms with van der Waals surface area (Å²) in [6.45, 7) is 0.525. The zero-order chi connectivity index (χ0) is 14.3. The monoisotopic (exact) mass is 287 g/mol. The normalized spacial score (nSPS) is 11.3. The Morgan fingerprint density at radius 2 is 2.05 bits per heavy atom. The molecule has 106 valence electrons. The summed E-state index contributed by atoms with van der Waals surface area (Å²) in [5.74, 6) is -0.687. The highest BCUT2D eigenvalue weighted by Gasteiger charge is 2.12. The molecule has 1 N–H and O–H groups in total. The molecule has 0 saturated carbocycles. The van der Waals surface area contributed by atoms with Crippen molar-refractivity contribution in [3.63, 3.8) is 0 Å². The van der Waals surface area contributed by atoms with Crippen LogP contribution in [0.25, 0.3) is 0 Å². The smallest absolute Gasteiger partial charge is 0.337 e. The molecule has 0 radical (unpaired) electrons. The van der Waals surface area contributed by atoms with Crippen LogP contribution >= 0.6 is 0 Å². The van der Waals surface area contributed by atoms with Gasteiger partial charge in [0.2, 0.25) is 10.0 Å². The summed E-state index contributed by atoms with van der Waals surface area (Å²) < 4.78 is 35.2. The third-order valence-corrected chi connectivity index (χ3v) is 3.69. The molecule has 0 aliphatic rings. The van der Waals surface area contributed by atoms with E-state index in [1.807, 2.05) is 0 Å². The number of carbonyl (C=O) groups is 1. The van der Waals surface area contributed by atoms with E-state index in [1.165, 1.54) is 20.3 Å². The van der Waals surface area contributed by atoms with Crippen LogP contribution in [0.15, 0.2) is 24.3 Å². The maximum absolute atomic E-state index is 11.7. The molecule has 0 spiro atoms. The van der Waals surface area contributed by atoms with Crippen LogP contribution in [-0.2, 0) is 25.2 Å². The van der Waals surface area contributed by atoms with Gasteiger partial charge in [-0.15, -0.1) is 0 Å². The standard InChI is InChI=1S/C12H17NO5S/c1-17-7-6-13-19(15,16)9-10-4-3-5-11(8-10)12(14)18-2/h3-5,8,13H,6-7,9H2,1-2H3. The molecule has 0 aliphatic heterocycles. The lowest BCUT2D eigenvalue weighted by Gasteiger charge is -2.07. The van der Waals surface area contributed by atoms with Crippen molar-refractivity contribution in [2.45, 2.75) is 5.75 Å². The van der Waals surface area contributed by atoms with Crippen LogP contribution in [0.3, 0.4) is 0 Å². The van der Waals surface area contributed by atoms with Gasteiger partial charge in [0, 0.05) is 13.7 Å². The van der Waals surface area contributed by atoms with Gasteiger partial charge in [-0.1, -0.05) is 12.1 Å². The fourth-order valence-corrected chi connectivity index (χ4v) is 2.59. The maximum atomic E-state index is 11.7. The van der Waals surface area contributed by atoms with Gasteiger partial charge in [-0.2, -0.15) is 0 Å². The lowest BCUT2D eigenvalue weighted by atomic mass is 10.1. The molecule has 0 fully saturated rings. The number of ether oxygens (including phenoxy) is 2. The average molecular weight is 287 g/mol.